The van der Waals surface area contributed by atoms with Crippen molar-refractivity contribution in [3.8, 4) is 16.5 Å². The molecule has 0 atom stereocenters. The lowest BCUT2D eigenvalue weighted by atomic mass is 10.3. The minimum Gasteiger partial charge on any atom is -0.493 e. The van der Waals surface area contributed by atoms with Gasteiger partial charge in [0.05, 0.1) is 27.7 Å². The standard InChI is InChI=1S/C24H20N8O3S/c33-22-17(30-24(35)31-22)8-14-12-27-32-20(28-15-3-4-15)9-16(29-21(14)32)18-5-6-19(36-18)23(34)26-11-13-2-1-7-25-10-13/h1-2,5-10,12,15,33H,3-4,11H2,(H,26,34)(H2,30,31,35)/b14-8-,28-20?. The van der Waals surface area contributed by atoms with Gasteiger partial charge < -0.3 is 15.4 Å². The first-order chi connectivity index (χ1) is 17.5. The number of carbonyl (C=O) groups is 1. The Labute approximate surface area is 206 Å². The number of aromatic amines is 2. The largest absolute Gasteiger partial charge is 0.493 e. The summed E-state index contributed by atoms with van der Waals surface area (Å²) < 4.78 is 1.64. The molecule has 0 saturated heterocycles. The van der Waals surface area contributed by atoms with Crippen molar-refractivity contribution in [3.05, 3.63) is 86.2 Å². The number of pyridine rings is 1. The van der Waals surface area contributed by atoms with Crippen LogP contribution in [0.5, 0.6) is 5.88 Å². The molecule has 1 amide bonds. The van der Waals surface area contributed by atoms with Gasteiger partial charge in [0.1, 0.15) is 5.69 Å². The molecule has 6 rings (SSSR count). The molecule has 0 aromatic carbocycles. The topological polar surface area (TPSA) is 153 Å². The minimum absolute atomic E-state index is 0.177. The van der Waals surface area contributed by atoms with Crippen LogP contribution in [-0.2, 0) is 6.54 Å². The van der Waals surface area contributed by atoms with Gasteiger partial charge in [0.15, 0.2) is 11.1 Å². The Bertz CT molecular complexity index is 1760. The Hall–Kier alpha value is -4.58. The average molecular weight is 501 g/mol. The van der Waals surface area contributed by atoms with Gasteiger partial charge in [-0.25, -0.2) is 9.78 Å². The number of H-pyrrole nitrogens is 2. The van der Waals surface area contributed by atoms with Gasteiger partial charge in [-0.05, 0) is 42.7 Å². The Morgan fingerprint density at radius 3 is 2.92 bits per heavy atom. The van der Waals surface area contributed by atoms with Crippen LogP contribution in [0.25, 0.3) is 22.3 Å². The lowest BCUT2D eigenvalue weighted by molar-refractivity contribution is 0.0955. The van der Waals surface area contributed by atoms with E-state index in [1.165, 1.54) is 11.3 Å². The number of rotatable bonds is 6. The van der Waals surface area contributed by atoms with E-state index < -0.39 is 5.69 Å². The number of aromatic hydroxyl groups is 1. The number of carbonyl (C=O) groups excluding carboxylic acids is 1. The molecule has 0 unspecified atom stereocenters. The maximum atomic E-state index is 12.7. The molecule has 12 heteroatoms. The van der Waals surface area contributed by atoms with Crippen molar-refractivity contribution in [2.24, 2.45) is 4.99 Å². The molecule has 180 valence electrons. The predicted molar refractivity (Wildman–Crippen MR) is 132 cm³/mol. The summed E-state index contributed by atoms with van der Waals surface area (Å²) in [5, 5.41) is 17.9. The highest BCUT2D eigenvalue weighted by Crippen LogP contribution is 2.27. The fourth-order valence-electron chi connectivity index (χ4n) is 3.69. The number of thiophene rings is 1. The van der Waals surface area contributed by atoms with E-state index >= 15 is 0 Å². The number of aromatic nitrogens is 6. The molecule has 4 N–H and O–H groups in total. The SMILES string of the molecule is O=C(NCc1cccnc1)c1ccc(-c2cc(=NC3CC3)n3nc/c(=C/c4[nH]c(=O)[nH]c4O)c3n2)s1. The minimum atomic E-state index is -0.513. The lowest BCUT2D eigenvalue weighted by Gasteiger charge is -2.03. The van der Waals surface area contributed by atoms with E-state index in [1.807, 2.05) is 24.3 Å². The third-order valence-electron chi connectivity index (χ3n) is 5.64. The smallest absolute Gasteiger partial charge is 0.326 e. The second-order valence-electron chi connectivity index (χ2n) is 8.39. The molecular weight excluding hydrogens is 480 g/mol. The summed E-state index contributed by atoms with van der Waals surface area (Å²) >= 11 is 1.34. The number of amides is 1. The van der Waals surface area contributed by atoms with Crippen LogP contribution in [0.3, 0.4) is 0 Å². The van der Waals surface area contributed by atoms with Gasteiger partial charge in [-0.3, -0.25) is 19.8 Å². The summed E-state index contributed by atoms with van der Waals surface area (Å²) in [6, 6.07) is 9.48. The summed E-state index contributed by atoms with van der Waals surface area (Å²) in [4.78, 5) is 44.1. The molecule has 0 aliphatic heterocycles. The van der Waals surface area contributed by atoms with Crippen molar-refractivity contribution in [2.45, 2.75) is 25.4 Å². The van der Waals surface area contributed by atoms with Crippen molar-refractivity contribution >= 4 is 29.0 Å². The first-order valence-corrected chi connectivity index (χ1v) is 12.1. The Morgan fingerprint density at radius 2 is 2.17 bits per heavy atom. The van der Waals surface area contributed by atoms with Crippen LogP contribution in [0.15, 0.2) is 58.7 Å². The summed E-state index contributed by atoms with van der Waals surface area (Å²) in [5.74, 6) is -0.442. The third kappa shape index (κ3) is 4.41. The zero-order valence-electron chi connectivity index (χ0n) is 18.8. The highest BCUT2D eigenvalue weighted by atomic mass is 32.1. The fraction of sp³-hybridized carbons (Fsp3) is 0.167. The van der Waals surface area contributed by atoms with Crippen LogP contribution in [0.2, 0.25) is 0 Å². The molecule has 36 heavy (non-hydrogen) atoms. The molecule has 0 spiro atoms. The second-order valence-corrected chi connectivity index (χ2v) is 9.47. The van der Waals surface area contributed by atoms with E-state index in [1.54, 1.807) is 35.2 Å². The number of hydrogen-bond acceptors (Lipinski definition) is 8. The molecule has 1 aliphatic rings. The van der Waals surface area contributed by atoms with Crippen LogP contribution in [0.4, 0.5) is 0 Å². The summed E-state index contributed by atoms with van der Waals surface area (Å²) in [6.45, 7) is 0.387. The molecule has 0 radical (unpaired) electrons. The normalized spacial score (nSPS) is 14.6. The summed E-state index contributed by atoms with van der Waals surface area (Å²) in [5.41, 5.74) is 2.46. The van der Waals surface area contributed by atoms with Crippen LogP contribution in [0.1, 0.15) is 33.8 Å². The Morgan fingerprint density at radius 1 is 1.28 bits per heavy atom. The predicted octanol–water partition coefficient (Wildman–Crippen LogP) is 1.12. The van der Waals surface area contributed by atoms with E-state index in [2.05, 4.69) is 25.4 Å². The highest BCUT2D eigenvalue weighted by molar-refractivity contribution is 7.17. The summed E-state index contributed by atoms with van der Waals surface area (Å²) in [6.07, 6.45) is 8.66. The van der Waals surface area contributed by atoms with Crippen molar-refractivity contribution < 1.29 is 9.90 Å². The molecule has 5 aromatic rings. The van der Waals surface area contributed by atoms with Crippen LogP contribution in [0, 0.1) is 0 Å². The van der Waals surface area contributed by atoms with Crippen LogP contribution < -0.4 is 21.7 Å². The molecule has 1 fully saturated rings. The van der Waals surface area contributed by atoms with Crippen molar-refractivity contribution in [2.75, 3.05) is 0 Å². The van der Waals surface area contributed by atoms with Crippen LogP contribution in [-0.4, -0.2) is 46.6 Å². The van der Waals surface area contributed by atoms with E-state index in [0.29, 0.717) is 33.5 Å². The molecule has 5 heterocycles. The van der Waals surface area contributed by atoms with E-state index in [0.717, 1.165) is 23.3 Å². The fourth-order valence-corrected chi connectivity index (χ4v) is 4.58. The molecular formula is C24H20N8O3S. The quantitative estimate of drug-likeness (QED) is 0.274. The van der Waals surface area contributed by atoms with Gasteiger partial charge in [-0.15, -0.1) is 11.3 Å². The van der Waals surface area contributed by atoms with E-state index in [4.69, 9.17) is 9.98 Å². The first kappa shape index (κ1) is 21.9. The van der Waals surface area contributed by atoms with E-state index in [-0.39, 0.29) is 23.5 Å². The van der Waals surface area contributed by atoms with E-state index in [9.17, 15) is 14.7 Å². The molecule has 1 aliphatic carbocycles. The second kappa shape index (κ2) is 8.89. The zero-order chi connectivity index (χ0) is 24.6. The van der Waals surface area contributed by atoms with Crippen LogP contribution >= 0.6 is 11.3 Å². The van der Waals surface area contributed by atoms with Gasteiger partial charge in [-0.1, -0.05) is 6.07 Å². The summed E-state index contributed by atoms with van der Waals surface area (Å²) in [7, 11) is 0. The first-order valence-electron chi connectivity index (χ1n) is 11.3. The average Bonchev–Trinajstić information content (AvgIpc) is 3.25. The Balaban J connectivity index is 1.38. The van der Waals surface area contributed by atoms with Crippen molar-refractivity contribution in [3.63, 3.8) is 0 Å². The van der Waals surface area contributed by atoms with Crippen molar-refractivity contribution in [1.82, 2.24) is 34.9 Å². The number of nitrogens with one attached hydrogen (secondary N) is 3. The monoisotopic (exact) mass is 500 g/mol. The molecule has 11 nitrogen and oxygen atoms in total. The number of fused-ring (bicyclic) bond motifs is 1. The van der Waals surface area contributed by atoms with Gasteiger partial charge in [0, 0.05) is 30.2 Å². The van der Waals surface area contributed by atoms with Gasteiger partial charge in [-0.2, -0.15) is 9.61 Å². The maximum absolute atomic E-state index is 12.7. The maximum Gasteiger partial charge on any atom is 0.326 e. The number of nitrogens with zero attached hydrogens (tertiary/aromatic N) is 5. The Kier molecular flexibility index (Phi) is 5.41. The van der Waals surface area contributed by atoms with Gasteiger partial charge in [0.2, 0.25) is 5.88 Å². The zero-order valence-corrected chi connectivity index (χ0v) is 19.6. The lowest BCUT2D eigenvalue weighted by Crippen LogP contribution is -2.21. The number of imidazole rings is 1. The van der Waals surface area contributed by atoms with Crippen molar-refractivity contribution in [1.29, 1.82) is 0 Å². The molecule has 1 saturated carbocycles. The third-order valence-corrected chi connectivity index (χ3v) is 6.74. The number of hydrogen-bond donors (Lipinski definition) is 4. The highest BCUT2D eigenvalue weighted by Gasteiger charge is 2.21. The van der Waals surface area contributed by atoms with Gasteiger partial charge in [0.25, 0.3) is 5.91 Å². The van der Waals surface area contributed by atoms with Gasteiger partial charge >= 0.3 is 5.69 Å². The molecule has 0 bridgehead atoms. The molecule has 5 aromatic heterocycles.